The molecule has 9 heteroatoms. The number of fused-ring (bicyclic) bond motifs is 2. The maximum atomic E-state index is 14.2. The number of amides is 2. The quantitative estimate of drug-likeness (QED) is 0.210. The third-order valence-electron chi connectivity index (χ3n) is 15.9. The molecule has 52 heavy (non-hydrogen) atoms. The van der Waals surface area contributed by atoms with E-state index in [1.807, 2.05) is 5.06 Å². The Labute approximate surface area is 316 Å². The molecule has 0 aromatic rings. The van der Waals surface area contributed by atoms with Gasteiger partial charge in [0.15, 0.2) is 0 Å². The van der Waals surface area contributed by atoms with Crippen molar-refractivity contribution in [3.8, 4) is 0 Å². The lowest BCUT2D eigenvalue weighted by molar-refractivity contribution is -0.185. The second-order valence-corrected chi connectivity index (χ2v) is 19.8. The van der Waals surface area contributed by atoms with E-state index in [9.17, 15) is 19.8 Å². The molecule has 1 aliphatic heterocycles. The molecule has 9 nitrogen and oxygen atoms in total. The lowest BCUT2D eigenvalue weighted by atomic mass is 9.45. The molecule has 0 radical (unpaired) electrons. The normalized spacial score (nSPS) is 39.5. The predicted molar refractivity (Wildman–Crippen MR) is 206 cm³/mol. The van der Waals surface area contributed by atoms with Crippen LogP contribution in [0.4, 0.5) is 0 Å². The average molecular weight is 729 g/mol. The first kappa shape index (κ1) is 40.4. The lowest BCUT2D eigenvalue weighted by Gasteiger charge is -2.62. The molecule has 7 aliphatic rings. The molecule has 1 heterocycles. The highest BCUT2D eigenvalue weighted by atomic mass is 16.7. The van der Waals surface area contributed by atoms with Crippen LogP contribution in [0.2, 0.25) is 0 Å². The third kappa shape index (κ3) is 8.74. The van der Waals surface area contributed by atoms with Crippen molar-refractivity contribution in [3.63, 3.8) is 0 Å². The van der Waals surface area contributed by atoms with Gasteiger partial charge in [0.2, 0.25) is 11.8 Å². The number of hydrogen-bond donors (Lipinski definition) is 3. The van der Waals surface area contributed by atoms with Crippen LogP contribution in [0.5, 0.6) is 0 Å². The SMILES string of the molecule is C[C@@H]1[C@@H](NC(=O)[C@@H]2[C@H]([C@H](C)O)[C@H](CO)ON2CC2CCCC(C3CCC(C(=O)N(C)[C@@H](CC4CCCCC4)CN(C)C)CC3)C2)C[C@H]2C[C@@H]1C2(C)C. The summed E-state index contributed by atoms with van der Waals surface area (Å²) in [6.07, 6.45) is 17.6. The van der Waals surface area contributed by atoms with E-state index >= 15 is 0 Å². The Morgan fingerprint density at radius 3 is 2.21 bits per heavy atom. The van der Waals surface area contributed by atoms with Gasteiger partial charge < -0.3 is 25.3 Å². The molecular formula is C43H76N4O5. The summed E-state index contributed by atoms with van der Waals surface area (Å²) >= 11 is 0. The summed E-state index contributed by atoms with van der Waals surface area (Å²) in [5.41, 5.74) is 0.346. The fraction of sp³-hybridized carbons (Fsp3) is 0.953. The predicted octanol–water partition coefficient (Wildman–Crippen LogP) is 6.12. The lowest BCUT2D eigenvalue weighted by Crippen LogP contribution is -2.62. The summed E-state index contributed by atoms with van der Waals surface area (Å²) in [5.74, 6) is 4.12. The van der Waals surface area contributed by atoms with Crippen LogP contribution in [0.15, 0.2) is 0 Å². The number of likely N-dealkylation sites (N-methyl/N-ethyl adjacent to an activating group) is 2. The van der Waals surface area contributed by atoms with Crippen molar-refractivity contribution in [3.05, 3.63) is 0 Å². The Kier molecular flexibility index (Phi) is 13.4. The van der Waals surface area contributed by atoms with E-state index in [4.69, 9.17) is 4.84 Å². The van der Waals surface area contributed by atoms with Crippen molar-refractivity contribution in [1.82, 2.24) is 20.2 Å². The van der Waals surface area contributed by atoms with Crippen LogP contribution in [0.25, 0.3) is 0 Å². The number of hydrogen-bond acceptors (Lipinski definition) is 7. The molecule has 2 bridgehead atoms. The molecule has 7 fully saturated rings. The Bertz CT molecular complexity index is 1180. The Morgan fingerprint density at radius 1 is 0.904 bits per heavy atom. The number of carbonyl (C=O) groups excluding carboxylic acids is 2. The van der Waals surface area contributed by atoms with Crippen LogP contribution in [0.3, 0.4) is 0 Å². The molecule has 7 rings (SSSR count). The van der Waals surface area contributed by atoms with Crippen molar-refractivity contribution in [2.75, 3.05) is 40.8 Å². The van der Waals surface area contributed by atoms with Gasteiger partial charge in [0.05, 0.1) is 12.7 Å². The molecule has 0 aromatic heterocycles. The second-order valence-electron chi connectivity index (χ2n) is 19.8. The molecule has 2 amide bonds. The highest BCUT2D eigenvalue weighted by Gasteiger charge is 2.57. The first-order valence-corrected chi connectivity index (χ1v) is 21.7. The van der Waals surface area contributed by atoms with Gasteiger partial charge in [-0.05, 0) is 126 Å². The largest absolute Gasteiger partial charge is 0.394 e. The number of aliphatic hydroxyl groups excluding tert-OH is 2. The number of nitrogens with one attached hydrogen (secondary N) is 1. The minimum atomic E-state index is -0.768. The van der Waals surface area contributed by atoms with E-state index in [2.05, 4.69) is 57.0 Å². The summed E-state index contributed by atoms with van der Waals surface area (Å²) in [4.78, 5) is 38.8. The standard InChI is InChI=1S/C43H76N4O5/c1-27-36-22-34(43(36,3)4)23-37(27)44-41(50)40-39(28(2)49)38(26-48)52-47(40)24-30-14-11-15-33(20-30)31-16-18-32(19-17-31)42(51)46(7)35(25-45(5)6)21-29-12-9-8-10-13-29/h27-40,48-49H,8-26H2,1-7H3,(H,44,50)/t27-,28-,30?,31?,32?,33?,34+,35-,36-,37-,38-,39+,40-/m0/s1. The van der Waals surface area contributed by atoms with Crippen LogP contribution < -0.4 is 5.32 Å². The van der Waals surface area contributed by atoms with Gasteiger partial charge in [-0.25, -0.2) is 0 Å². The van der Waals surface area contributed by atoms with Gasteiger partial charge in [0.25, 0.3) is 0 Å². The minimum absolute atomic E-state index is 0.0512. The average Bonchev–Trinajstić information content (AvgIpc) is 3.50. The van der Waals surface area contributed by atoms with Crippen molar-refractivity contribution in [2.24, 2.45) is 58.7 Å². The van der Waals surface area contributed by atoms with Crippen molar-refractivity contribution in [2.45, 2.75) is 161 Å². The van der Waals surface area contributed by atoms with Gasteiger partial charge in [-0.15, -0.1) is 0 Å². The van der Waals surface area contributed by atoms with Crippen LogP contribution in [0.1, 0.15) is 130 Å². The summed E-state index contributed by atoms with van der Waals surface area (Å²) < 4.78 is 0. The van der Waals surface area contributed by atoms with E-state index in [0.29, 0.717) is 59.4 Å². The maximum Gasteiger partial charge on any atom is 0.240 e. The van der Waals surface area contributed by atoms with Gasteiger partial charge in [-0.2, -0.15) is 5.06 Å². The molecule has 298 valence electrons. The van der Waals surface area contributed by atoms with Crippen LogP contribution in [-0.4, -0.2) is 108 Å². The molecule has 0 spiro atoms. The monoisotopic (exact) mass is 729 g/mol. The summed E-state index contributed by atoms with van der Waals surface area (Å²) in [5, 5.41) is 26.5. The Morgan fingerprint density at radius 2 is 1.60 bits per heavy atom. The number of carbonyl (C=O) groups is 2. The zero-order valence-corrected chi connectivity index (χ0v) is 34.0. The number of nitrogens with zero attached hydrogens (tertiary/aromatic N) is 3. The minimum Gasteiger partial charge on any atom is -0.394 e. The smallest absolute Gasteiger partial charge is 0.240 e. The maximum absolute atomic E-state index is 14.2. The summed E-state index contributed by atoms with van der Waals surface area (Å²) in [6.45, 7) is 10.2. The van der Waals surface area contributed by atoms with Gasteiger partial charge in [0.1, 0.15) is 12.1 Å². The van der Waals surface area contributed by atoms with Crippen LogP contribution >= 0.6 is 0 Å². The van der Waals surface area contributed by atoms with E-state index in [-0.39, 0.29) is 24.5 Å². The first-order valence-electron chi connectivity index (χ1n) is 21.7. The zero-order chi connectivity index (χ0) is 37.3. The molecule has 0 aromatic carbocycles. The Hall–Kier alpha value is -1.26. The molecular weight excluding hydrogens is 652 g/mol. The topological polar surface area (TPSA) is 106 Å². The van der Waals surface area contributed by atoms with Gasteiger partial charge >= 0.3 is 0 Å². The Balaban J connectivity index is 1.03. The second kappa shape index (κ2) is 17.3. The van der Waals surface area contributed by atoms with E-state index < -0.39 is 24.2 Å². The van der Waals surface area contributed by atoms with Gasteiger partial charge in [0, 0.05) is 44.1 Å². The fourth-order valence-corrected chi connectivity index (χ4v) is 12.6. The van der Waals surface area contributed by atoms with E-state index in [0.717, 1.165) is 63.8 Å². The highest BCUT2D eigenvalue weighted by molar-refractivity contribution is 5.83. The first-order chi connectivity index (χ1) is 24.8. The van der Waals surface area contributed by atoms with Crippen LogP contribution in [0, 0.1) is 58.7 Å². The molecule has 1 saturated heterocycles. The fourth-order valence-electron chi connectivity index (χ4n) is 12.6. The van der Waals surface area contributed by atoms with Crippen LogP contribution in [-0.2, 0) is 14.4 Å². The van der Waals surface area contributed by atoms with E-state index in [1.165, 1.54) is 51.4 Å². The van der Waals surface area contributed by atoms with Crippen molar-refractivity contribution >= 4 is 11.8 Å². The zero-order valence-electron chi connectivity index (χ0n) is 34.0. The van der Waals surface area contributed by atoms with Gasteiger partial charge in [-0.3, -0.25) is 14.4 Å². The number of hydroxylamine groups is 2. The molecule has 11 atom stereocenters. The third-order valence-corrected chi connectivity index (χ3v) is 15.9. The van der Waals surface area contributed by atoms with Crippen molar-refractivity contribution < 1.29 is 24.6 Å². The summed E-state index contributed by atoms with van der Waals surface area (Å²) in [6, 6.07) is -0.168. The number of rotatable bonds is 13. The highest BCUT2D eigenvalue weighted by Crippen LogP contribution is 2.61. The summed E-state index contributed by atoms with van der Waals surface area (Å²) in [7, 11) is 6.35. The van der Waals surface area contributed by atoms with E-state index in [1.54, 1.807) is 6.92 Å². The molecule has 3 N–H and O–H groups in total. The van der Waals surface area contributed by atoms with Crippen molar-refractivity contribution in [1.29, 1.82) is 0 Å². The van der Waals surface area contributed by atoms with Gasteiger partial charge in [-0.1, -0.05) is 65.7 Å². The number of aliphatic hydroxyl groups is 2. The molecule has 6 saturated carbocycles. The molecule has 6 aliphatic carbocycles. The molecule has 2 unspecified atom stereocenters.